The van der Waals surface area contributed by atoms with E-state index in [1.165, 1.54) is 21.8 Å². The molecule has 3 saturated heterocycles. The lowest BCUT2D eigenvalue weighted by Gasteiger charge is -2.29. The van der Waals surface area contributed by atoms with Gasteiger partial charge in [0.2, 0.25) is 5.95 Å². The summed E-state index contributed by atoms with van der Waals surface area (Å²) in [6, 6.07) is -2.81. The Kier molecular flexibility index (Phi) is 7.27. The molecule has 242 valence electrons. The van der Waals surface area contributed by atoms with Crippen LogP contribution >= 0.6 is 15.5 Å². The first-order valence-electron chi connectivity index (χ1n) is 13.1. The smallest absolute Gasteiger partial charge is 0.387 e. The molecule has 0 bridgehead atoms. The molecule has 10 atom stereocenters. The van der Waals surface area contributed by atoms with Crippen molar-refractivity contribution in [1.82, 2.24) is 49.2 Å². The maximum absolute atomic E-state index is 13.2. The molecule has 3 aliphatic heterocycles. The zero-order valence-corrected chi connectivity index (χ0v) is 24.4. The fourth-order valence-electron chi connectivity index (χ4n) is 5.53. The van der Waals surface area contributed by atoms with Gasteiger partial charge in [-0.15, -0.1) is 0 Å². The van der Waals surface area contributed by atoms with Crippen LogP contribution in [0.2, 0.25) is 0 Å². The number of hydrogen-bond acceptors (Lipinski definition) is 16. The Hall–Kier alpha value is -3.44. The minimum Gasteiger partial charge on any atom is -0.387 e. The Morgan fingerprint density at radius 3 is 1.93 bits per heavy atom. The molecule has 0 spiro atoms. The van der Waals surface area contributed by atoms with Crippen LogP contribution in [0.4, 0.5) is 11.8 Å². The van der Waals surface area contributed by atoms with Crippen LogP contribution in [-0.4, -0.2) is 109 Å². The van der Waals surface area contributed by atoms with Crippen molar-refractivity contribution in [2.75, 3.05) is 24.7 Å². The van der Waals surface area contributed by atoms with Gasteiger partial charge >= 0.3 is 15.5 Å². The average molecular weight is 672 g/mol. The summed E-state index contributed by atoms with van der Waals surface area (Å²) in [7, 11) is -9.55. The first-order chi connectivity index (χ1) is 21.3. The Balaban J connectivity index is 1.17. The van der Waals surface area contributed by atoms with E-state index in [1.807, 2.05) is 0 Å². The molecule has 2 unspecified atom stereocenters. The molecule has 3 fully saturated rings. The topological polar surface area (TPSA) is 335 Å². The number of nitrogens with two attached hydrogens (primary N) is 2. The normalized spacial score (nSPS) is 37.7. The largest absolute Gasteiger partial charge is 0.403 e. The number of aromatic amines is 1. The molecule has 0 radical (unpaired) electrons. The van der Waals surface area contributed by atoms with E-state index in [2.05, 4.69) is 40.1 Å². The molecular weight excluding hydrogens is 646 g/mol. The number of nitrogen functional groups attached to an aromatic ring is 2. The Labute approximate surface area is 249 Å². The summed E-state index contributed by atoms with van der Waals surface area (Å²) in [6.45, 7) is -1.40. The summed E-state index contributed by atoms with van der Waals surface area (Å²) in [5.74, 6) is -0.182. The Bertz CT molecular complexity index is 1940. The highest BCUT2D eigenvalue weighted by molar-refractivity contribution is 7.50. The predicted octanol–water partition coefficient (Wildman–Crippen LogP) is -3.20. The quantitative estimate of drug-likeness (QED) is 0.0947. The minimum atomic E-state index is -4.78. The molecule has 45 heavy (non-hydrogen) atoms. The molecular formula is C20H26N12O11P2. The van der Waals surface area contributed by atoms with Crippen LogP contribution in [0.15, 0.2) is 23.8 Å². The highest BCUT2D eigenvalue weighted by Gasteiger charge is 2.52. The summed E-state index contributed by atoms with van der Waals surface area (Å²) < 4.78 is 51.2. The number of imidazole rings is 2. The van der Waals surface area contributed by atoms with Gasteiger partial charge in [-0.1, -0.05) is 0 Å². The molecule has 23 nitrogen and oxygen atoms in total. The molecule has 0 aliphatic carbocycles. The van der Waals surface area contributed by atoms with Crippen molar-refractivity contribution in [1.29, 1.82) is 0 Å². The fourth-order valence-corrected chi connectivity index (χ4v) is 7.77. The van der Waals surface area contributed by atoms with Crippen LogP contribution in [-0.2, 0) is 27.7 Å². The van der Waals surface area contributed by atoms with Gasteiger partial charge in [-0.25, -0.2) is 39.2 Å². The highest BCUT2D eigenvalue weighted by Crippen LogP contribution is 2.47. The molecule has 7 rings (SSSR count). The van der Waals surface area contributed by atoms with Crippen LogP contribution in [0.3, 0.4) is 0 Å². The second kappa shape index (κ2) is 10.8. The van der Waals surface area contributed by atoms with E-state index >= 15 is 0 Å². The van der Waals surface area contributed by atoms with E-state index in [-0.39, 0.29) is 34.1 Å². The van der Waals surface area contributed by atoms with Crippen molar-refractivity contribution < 1.29 is 47.7 Å². The third-order valence-electron chi connectivity index (χ3n) is 7.59. The van der Waals surface area contributed by atoms with Crippen LogP contribution in [0.1, 0.15) is 12.5 Å². The third kappa shape index (κ3) is 5.31. The first-order valence-corrected chi connectivity index (χ1v) is 16.3. The van der Waals surface area contributed by atoms with Gasteiger partial charge in [0.1, 0.15) is 36.3 Å². The number of fused-ring (bicyclic) bond motifs is 4. The summed E-state index contributed by atoms with van der Waals surface area (Å²) in [5.41, 5.74) is 11.0. The van der Waals surface area contributed by atoms with E-state index in [4.69, 9.17) is 30.0 Å². The number of aromatic nitrogens is 8. The van der Waals surface area contributed by atoms with Crippen LogP contribution in [0.5, 0.6) is 0 Å². The predicted molar refractivity (Wildman–Crippen MR) is 148 cm³/mol. The van der Waals surface area contributed by atoms with Crippen molar-refractivity contribution in [2.24, 2.45) is 0 Å². The Morgan fingerprint density at radius 2 is 1.36 bits per heavy atom. The van der Waals surface area contributed by atoms with Crippen LogP contribution in [0.25, 0.3) is 22.3 Å². The molecule has 7 heterocycles. The molecule has 4 aromatic heterocycles. The highest BCUT2D eigenvalue weighted by atomic mass is 31.2. The van der Waals surface area contributed by atoms with Gasteiger partial charge in [0.05, 0.1) is 38.0 Å². The van der Waals surface area contributed by atoms with Gasteiger partial charge in [-0.05, 0) is 0 Å². The molecule has 0 amide bonds. The van der Waals surface area contributed by atoms with E-state index in [1.54, 1.807) is 0 Å². The third-order valence-corrected chi connectivity index (χ3v) is 9.83. The number of H-pyrrole nitrogens is 1. The van der Waals surface area contributed by atoms with E-state index in [9.17, 15) is 33.9 Å². The zero-order chi connectivity index (χ0) is 31.8. The second-order valence-corrected chi connectivity index (χ2v) is 13.5. The van der Waals surface area contributed by atoms with E-state index < -0.39 is 83.2 Å². The van der Waals surface area contributed by atoms with Gasteiger partial charge in [0, 0.05) is 0 Å². The number of nitrogens with zero attached hydrogens (tertiary/aromatic N) is 7. The maximum Gasteiger partial charge on any atom is 0.403 e. The number of aliphatic hydroxyl groups is 2. The van der Waals surface area contributed by atoms with Crippen LogP contribution < -0.4 is 27.2 Å². The fraction of sp³-hybridized carbons (Fsp3) is 0.500. The molecule has 25 heteroatoms. The molecule has 0 aromatic carbocycles. The standard InChI is InChI=1S/C20H26N12O11P2/c21-14-10-15(24-3-23-14)31(4-25-10)18-12(33)8-6(42-18)1-40-45(38,39)30-9-7(2-41-44(36,37)29-8)43-19(13(9)34)32-5-26-11-16(32)27-20(22)28-17(11)35/h3-9,12-13,18-19,33-34H,1-2H2,(H2,21,23,24)(H2,29,36,37)(H2,30,38,39)(H3,22,27,28,35)/t6-,7-,8-,9-,12-,13-,18-,19-/m1/s1. The number of nitrogens with one attached hydrogen (secondary N) is 3. The number of rotatable bonds is 2. The van der Waals surface area contributed by atoms with Gasteiger partial charge in [-0.2, -0.15) is 4.98 Å². The van der Waals surface area contributed by atoms with Gasteiger partial charge in [-0.3, -0.25) is 28.0 Å². The summed E-state index contributed by atoms with van der Waals surface area (Å²) >= 11 is 0. The van der Waals surface area contributed by atoms with Crippen LogP contribution in [0, 0.1) is 0 Å². The SMILES string of the molecule is Nc1nc2c(ncn2[C@@H]2O[C@@H]3COP(=O)(O)N[C@H]4[C@@H](O)[C@H](n5cnc6c(N)ncnc65)O[C@@H]4COP(=O)(O)N[C@H]3[C@H]2O)c(=O)[nH]1. The molecule has 4 aromatic rings. The van der Waals surface area contributed by atoms with E-state index in [0.717, 1.165) is 6.33 Å². The zero-order valence-electron chi connectivity index (χ0n) is 22.6. The lowest BCUT2D eigenvalue weighted by Crippen LogP contribution is -2.48. The molecule has 3 aliphatic rings. The monoisotopic (exact) mass is 672 g/mol. The van der Waals surface area contributed by atoms with Crippen molar-refractivity contribution in [2.45, 2.75) is 49.0 Å². The average Bonchev–Trinajstić information content (AvgIpc) is 3.72. The Morgan fingerprint density at radius 1 is 0.822 bits per heavy atom. The number of hydrogen-bond donors (Lipinski definition) is 9. The molecule has 11 N–H and O–H groups in total. The van der Waals surface area contributed by atoms with Crippen molar-refractivity contribution in [3.05, 3.63) is 29.3 Å². The summed E-state index contributed by atoms with van der Waals surface area (Å²) in [5, 5.41) is 27.0. The summed E-state index contributed by atoms with van der Waals surface area (Å²) in [6.07, 6.45) is -4.91. The van der Waals surface area contributed by atoms with Gasteiger partial charge in [0.25, 0.3) is 5.56 Å². The number of ether oxygens (including phenoxy) is 2. The van der Waals surface area contributed by atoms with E-state index in [0.29, 0.717) is 0 Å². The van der Waals surface area contributed by atoms with Gasteiger partial charge in [0.15, 0.2) is 35.1 Å². The maximum atomic E-state index is 13.2. The summed E-state index contributed by atoms with van der Waals surface area (Å²) in [4.78, 5) is 56.0. The first kappa shape index (κ1) is 30.2. The number of aliphatic hydroxyl groups excluding tert-OH is 2. The van der Waals surface area contributed by atoms with Crippen molar-refractivity contribution in [3.63, 3.8) is 0 Å². The lowest BCUT2D eigenvalue weighted by molar-refractivity contribution is -0.0483. The van der Waals surface area contributed by atoms with Crippen molar-refractivity contribution >= 4 is 49.6 Å². The van der Waals surface area contributed by atoms with Crippen molar-refractivity contribution in [3.8, 4) is 0 Å². The van der Waals surface area contributed by atoms with Gasteiger partial charge < -0.3 is 40.9 Å². The minimum absolute atomic E-state index is 0.0622. The number of anilines is 2. The lowest BCUT2D eigenvalue weighted by atomic mass is 10.1. The second-order valence-electron chi connectivity index (χ2n) is 10.4. The molecule has 0 saturated carbocycles.